The number of nitrogens with one attached hydrogen (secondary N) is 1. The molecule has 1 spiro atoms. The SMILES string of the molecule is CCC[C@H](c1ccc(C(=O)NCCC(=O)[O-])cc1)N1C(=O)C(c2ccc(F)cc2)=NC12CCC(C)(C)CC2.[Na+]. The molecule has 202 valence electrons. The van der Waals surface area contributed by atoms with Gasteiger partial charge in [-0.25, -0.2) is 4.39 Å². The van der Waals surface area contributed by atoms with Gasteiger partial charge in [-0.3, -0.25) is 14.6 Å². The van der Waals surface area contributed by atoms with Crippen molar-refractivity contribution in [2.45, 2.75) is 77.4 Å². The third kappa shape index (κ3) is 6.97. The average Bonchev–Trinajstić information content (AvgIpc) is 3.16. The van der Waals surface area contributed by atoms with Crippen LogP contribution in [0.3, 0.4) is 0 Å². The number of carboxylic acids is 1. The number of aliphatic imine (C=N–C) groups is 1. The number of carbonyl (C=O) groups excluding carboxylic acids is 3. The van der Waals surface area contributed by atoms with Gasteiger partial charge < -0.3 is 20.1 Å². The van der Waals surface area contributed by atoms with Crippen molar-refractivity contribution in [2.24, 2.45) is 10.4 Å². The zero-order valence-electron chi connectivity index (χ0n) is 23.3. The van der Waals surface area contributed by atoms with Gasteiger partial charge in [0.05, 0.1) is 6.04 Å². The molecule has 2 aromatic rings. The first-order valence-corrected chi connectivity index (χ1v) is 13.3. The van der Waals surface area contributed by atoms with E-state index in [9.17, 15) is 23.9 Å². The van der Waals surface area contributed by atoms with E-state index in [1.807, 2.05) is 17.0 Å². The summed E-state index contributed by atoms with van der Waals surface area (Å²) in [4.78, 5) is 44.1. The number of rotatable bonds is 9. The van der Waals surface area contributed by atoms with E-state index in [4.69, 9.17) is 4.99 Å². The van der Waals surface area contributed by atoms with E-state index in [2.05, 4.69) is 26.1 Å². The second kappa shape index (κ2) is 12.7. The van der Waals surface area contributed by atoms with E-state index in [0.29, 0.717) is 16.8 Å². The number of nitrogens with zero attached hydrogens (tertiary/aromatic N) is 2. The van der Waals surface area contributed by atoms with Gasteiger partial charge in [-0.15, -0.1) is 0 Å². The van der Waals surface area contributed by atoms with Crippen LogP contribution in [0.2, 0.25) is 0 Å². The Hall–Kier alpha value is -2.55. The molecule has 0 saturated heterocycles. The van der Waals surface area contributed by atoms with Gasteiger partial charge in [-0.2, -0.15) is 0 Å². The molecule has 2 aliphatic rings. The molecule has 1 aliphatic heterocycles. The van der Waals surface area contributed by atoms with Crippen LogP contribution in [0, 0.1) is 11.2 Å². The standard InChI is InChI=1S/C30H36FN3O4.Na/c1-4-5-24(20-6-8-22(9-7-20)27(37)32-19-14-25(35)36)34-28(38)26(21-10-12-23(31)13-11-21)33-30(34)17-15-29(2,3)16-18-30;/h6-13,24H,4-5,14-19H2,1-3H3,(H,32,37)(H,35,36);/q;+1/p-1/t24-;/m1./s1. The van der Waals surface area contributed by atoms with Crippen LogP contribution in [0.25, 0.3) is 0 Å². The number of carbonyl (C=O) groups is 3. The molecular formula is C30H35FN3NaO4. The second-order valence-electron chi connectivity index (χ2n) is 11.1. The number of benzene rings is 2. The Kier molecular flexibility index (Phi) is 10.1. The van der Waals surface area contributed by atoms with Crippen molar-refractivity contribution in [3.05, 3.63) is 71.0 Å². The number of hydrogen-bond donors (Lipinski definition) is 1. The summed E-state index contributed by atoms with van der Waals surface area (Å²) in [6.07, 6.45) is 4.66. The Labute approximate surface area is 251 Å². The van der Waals surface area contributed by atoms with Gasteiger partial charge in [-0.05, 0) is 79.5 Å². The minimum absolute atomic E-state index is 0. The quantitative estimate of drug-likeness (QED) is 0.480. The number of hydrogen-bond acceptors (Lipinski definition) is 5. The molecular weight excluding hydrogens is 508 g/mol. The first kappa shape index (κ1) is 31.0. The molecule has 1 saturated carbocycles. The maximum atomic E-state index is 14.0. The van der Waals surface area contributed by atoms with Crippen LogP contribution in [0.15, 0.2) is 53.5 Å². The Morgan fingerprint density at radius 3 is 2.23 bits per heavy atom. The van der Waals surface area contributed by atoms with E-state index >= 15 is 0 Å². The van der Waals surface area contributed by atoms with E-state index in [0.717, 1.165) is 44.1 Å². The third-order valence-electron chi connectivity index (χ3n) is 7.76. The van der Waals surface area contributed by atoms with Crippen LogP contribution in [0.5, 0.6) is 0 Å². The van der Waals surface area contributed by atoms with Gasteiger partial charge in [0.15, 0.2) is 0 Å². The van der Waals surface area contributed by atoms with Crippen molar-refractivity contribution in [3.63, 3.8) is 0 Å². The summed E-state index contributed by atoms with van der Waals surface area (Å²) >= 11 is 0. The molecule has 0 aromatic heterocycles. The molecule has 9 heteroatoms. The molecule has 7 nitrogen and oxygen atoms in total. The molecule has 2 amide bonds. The third-order valence-corrected chi connectivity index (χ3v) is 7.76. The van der Waals surface area contributed by atoms with Crippen LogP contribution in [-0.4, -0.2) is 40.6 Å². The van der Waals surface area contributed by atoms with E-state index in [-0.39, 0.29) is 71.6 Å². The topological polar surface area (TPSA) is 102 Å². The van der Waals surface area contributed by atoms with Crippen LogP contribution >= 0.6 is 0 Å². The average molecular weight is 544 g/mol. The van der Waals surface area contributed by atoms with Crippen LogP contribution in [-0.2, 0) is 9.59 Å². The van der Waals surface area contributed by atoms with Gasteiger partial charge in [0.25, 0.3) is 11.8 Å². The predicted octanol–water partition coefficient (Wildman–Crippen LogP) is 1.17. The fourth-order valence-electron chi connectivity index (χ4n) is 5.48. The van der Waals surface area contributed by atoms with E-state index in [1.165, 1.54) is 12.1 Å². The van der Waals surface area contributed by atoms with E-state index < -0.39 is 11.6 Å². The molecule has 0 unspecified atom stereocenters. The molecule has 2 aromatic carbocycles. The van der Waals surface area contributed by atoms with E-state index in [1.54, 1.807) is 24.3 Å². The number of halogens is 1. The molecule has 39 heavy (non-hydrogen) atoms. The van der Waals surface area contributed by atoms with Gasteiger partial charge in [0.2, 0.25) is 0 Å². The van der Waals surface area contributed by atoms with Crippen molar-refractivity contribution in [3.8, 4) is 0 Å². The summed E-state index contributed by atoms with van der Waals surface area (Å²) in [6.45, 7) is 6.55. The van der Waals surface area contributed by atoms with Crippen molar-refractivity contribution in [2.75, 3.05) is 6.54 Å². The Bertz CT molecular complexity index is 1220. The Morgan fingerprint density at radius 2 is 1.67 bits per heavy atom. The molecule has 1 fully saturated rings. The van der Waals surface area contributed by atoms with Crippen molar-refractivity contribution >= 4 is 23.5 Å². The summed E-state index contributed by atoms with van der Waals surface area (Å²) in [5, 5.41) is 13.2. The summed E-state index contributed by atoms with van der Waals surface area (Å²) in [5.41, 5.74) is 1.80. The van der Waals surface area contributed by atoms with Gasteiger partial charge >= 0.3 is 29.6 Å². The van der Waals surface area contributed by atoms with Crippen LogP contribution < -0.4 is 40.0 Å². The molecule has 1 atom stereocenters. The summed E-state index contributed by atoms with van der Waals surface area (Å²) in [6, 6.07) is 12.8. The van der Waals surface area contributed by atoms with Crippen molar-refractivity contribution in [1.82, 2.24) is 10.2 Å². The number of carboxylic acid groups (broad SMARTS) is 1. The number of aliphatic carboxylic acids is 1. The molecule has 1 heterocycles. The first-order valence-electron chi connectivity index (χ1n) is 13.3. The maximum absolute atomic E-state index is 14.0. The molecule has 1 N–H and O–H groups in total. The monoisotopic (exact) mass is 543 g/mol. The van der Waals surface area contributed by atoms with Gasteiger partial charge in [-0.1, -0.05) is 39.3 Å². The second-order valence-corrected chi connectivity index (χ2v) is 11.1. The minimum Gasteiger partial charge on any atom is -0.550 e. The van der Waals surface area contributed by atoms with Gasteiger partial charge in [0, 0.05) is 30.1 Å². The Balaban J connectivity index is 0.00000420. The van der Waals surface area contributed by atoms with Gasteiger partial charge in [0.1, 0.15) is 17.2 Å². The molecule has 0 bridgehead atoms. The fourth-order valence-corrected chi connectivity index (χ4v) is 5.48. The predicted molar refractivity (Wildman–Crippen MR) is 141 cm³/mol. The Morgan fingerprint density at radius 1 is 1.05 bits per heavy atom. The zero-order chi connectivity index (χ0) is 27.5. The molecule has 0 radical (unpaired) electrons. The molecule has 4 rings (SSSR count). The first-order chi connectivity index (χ1) is 18.0. The minimum atomic E-state index is -1.22. The summed E-state index contributed by atoms with van der Waals surface area (Å²) in [5.74, 6) is -2.10. The zero-order valence-corrected chi connectivity index (χ0v) is 25.3. The smallest absolute Gasteiger partial charge is 0.550 e. The summed E-state index contributed by atoms with van der Waals surface area (Å²) in [7, 11) is 0. The van der Waals surface area contributed by atoms with Crippen molar-refractivity contribution in [1.29, 1.82) is 0 Å². The summed E-state index contributed by atoms with van der Waals surface area (Å²) < 4.78 is 13.6. The van der Waals surface area contributed by atoms with Crippen LogP contribution in [0.1, 0.15) is 93.2 Å². The molecule has 1 aliphatic carbocycles. The number of amides is 2. The maximum Gasteiger partial charge on any atom is 1.00 e. The van der Waals surface area contributed by atoms with Crippen LogP contribution in [0.4, 0.5) is 4.39 Å². The normalized spacial score (nSPS) is 18.3. The fraction of sp³-hybridized carbons (Fsp3) is 0.467. The van der Waals surface area contributed by atoms with Crippen molar-refractivity contribution < 1.29 is 53.4 Å². The largest absolute Gasteiger partial charge is 1.00 e.